The van der Waals surface area contributed by atoms with E-state index < -0.39 is 0 Å². The maximum absolute atomic E-state index is 12.9. The third-order valence-electron chi connectivity index (χ3n) is 4.52. The largest absolute Gasteiger partial charge is 0.334 e. The Morgan fingerprint density at radius 2 is 2.29 bits per heavy atom. The number of carbonyl (C=O) groups excluding carboxylic acids is 1. The fourth-order valence-electron chi connectivity index (χ4n) is 3.25. The Labute approximate surface area is 126 Å². The lowest BCUT2D eigenvalue weighted by molar-refractivity contribution is 0.0691. The van der Waals surface area contributed by atoms with Crippen LogP contribution in [0, 0.1) is 12.8 Å². The Kier molecular flexibility index (Phi) is 4.29. The lowest BCUT2D eigenvalue weighted by Crippen LogP contribution is -2.42. The van der Waals surface area contributed by atoms with Crippen LogP contribution in [0.2, 0.25) is 0 Å². The topological polar surface area (TPSA) is 50.2 Å². The molecule has 1 saturated carbocycles. The van der Waals surface area contributed by atoms with Crippen LogP contribution < -0.4 is 5.32 Å². The summed E-state index contributed by atoms with van der Waals surface area (Å²) in [4.78, 5) is 15.0. The molecule has 1 saturated heterocycles. The second kappa shape index (κ2) is 6.18. The van der Waals surface area contributed by atoms with E-state index in [1.54, 1.807) is 0 Å². The average Bonchev–Trinajstić information content (AvgIpc) is 3.27. The summed E-state index contributed by atoms with van der Waals surface area (Å²) in [6.07, 6.45) is 4.77. The highest BCUT2D eigenvalue weighted by atomic mass is 16.2. The van der Waals surface area contributed by atoms with Gasteiger partial charge in [-0.25, -0.2) is 0 Å². The van der Waals surface area contributed by atoms with Crippen LogP contribution >= 0.6 is 0 Å². The lowest BCUT2D eigenvalue weighted by Gasteiger charge is -2.30. The molecule has 5 nitrogen and oxygen atoms in total. The zero-order valence-corrected chi connectivity index (χ0v) is 13.1. The number of aromatic nitrogens is 2. The Bertz CT molecular complexity index is 500. The predicted molar refractivity (Wildman–Crippen MR) is 82.3 cm³/mol. The van der Waals surface area contributed by atoms with Gasteiger partial charge in [-0.05, 0) is 64.6 Å². The Balaban J connectivity index is 1.74. The van der Waals surface area contributed by atoms with E-state index in [0.29, 0.717) is 12.0 Å². The van der Waals surface area contributed by atoms with Gasteiger partial charge in [0.2, 0.25) is 0 Å². The number of nitrogens with one attached hydrogen (secondary N) is 1. The quantitative estimate of drug-likeness (QED) is 0.900. The minimum atomic E-state index is 0.172. The van der Waals surface area contributed by atoms with Crippen molar-refractivity contribution in [3.05, 3.63) is 17.5 Å². The highest BCUT2D eigenvalue weighted by Gasteiger charge is 2.35. The van der Waals surface area contributed by atoms with E-state index in [1.807, 2.05) is 24.6 Å². The molecule has 1 atom stereocenters. The smallest absolute Gasteiger partial charge is 0.272 e. The molecule has 0 spiro atoms. The first-order valence-electron chi connectivity index (χ1n) is 8.25. The van der Waals surface area contributed by atoms with Crippen molar-refractivity contribution < 1.29 is 4.79 Å². The Morgan fingerprint density at radius 1 is 1.48 bits per heavy atom. The molecule has 5 heteroatoms. The van der Waals surface area contributed by atoms with Crippen molar-refractivity contribution in [2.45, 2.75) is 52.1 Å². The van der Waals surface area contributed by atoms with Crippen LogP contribution in [0.5, 0.6) is 0 Å². The summed E-state index contributed by atoms with van der Waals surface area (Å²) in [5.74, 6) is 0.771. The SMILES string of the molecule is CCn1nc(C)cc1C(=O)N(CC1CCCNC1)C1CC1. The van der Waals surface area contributed by atoms with Crippen LogP contribution in [0.1, 0.15) is 48.8 Å². The van der Waals surface area contributed by atoms with Gasteiger partial charge in [-0.3, -0.25) is 9.48 Å². The van der Waals surface area contributed by atoms with Gasteiger partial charge in [0.25, 0.3) is 5.91 Å². The average molecular weight is 290 g/mol. The molecular formula is C16H26N4O. The summed E-state index contributed by atoms with van der Waals surface area (Å²) in [5.41, 5.74) is 1.68. The van der Waals surface area contributed by atoms with Gasteiger partial charge in [0.1, 0.15) is 5.69 Å². The molecule has 1 N–H and O–H groups in total. The third kappa shape index (κ3) is 3.28. The maximum Gasteiger partial charge on any atom is 0.272 e. The molecule has 2 fully saturated rings. The summed E-state index contributed by atoms with van der Waals surface area (Å²) >= 11 is 0. The Hall–Kier alpha value is -1.36. The molecule has 0 bridgehead atoms. The van der Waals surface area contributed by atoms with Crippen LogP contribution in [0.3, 0.4) is 0 Å². The van der Waals surface area contributed by atoms with Gasteiger partial charge >= 0.3 is 0 Å². The molecule has 1 unspecified atom stereocenters. The Morgan fingerprint density at radius 3 is 2.90 bits per heavy atom. The second-order valence-corrected chi connectivity index (χ2v) is 6.39. The zero-order valence-electron chi connectivity index (χ0n) is 13.1. The molecule has 21 heavy (non-hydrogen) atoms. The van der Waals surface area contributed by atoms with Crippen molar-refractivity contribution in [1.82, 2.24) is 20.0 Å². The van der Waals surface area contributed by atoms with E-state index in [2.05, 4.69) is 15.3 Å². The first-order valence-corrected chi connectivity index (χ1v) is 8.25. The standard InChI is InChI=1S/C16H26N4O/c1-3-20-15(9-12(2)18-20)16(21)19(14-6-7-14)11-13-5-4-8-17-10-13/h9,13-14,17H,3-8,10-11H2,1-2H3. The van der Waals surface area contributed by atoms with Crippen LogP contribution in [-0.4, -0.2) is 46.3 Å². The molecule has 0 aromatic carbocycles. The van der Waals surface area contributed by atoms with Gasteiger partial charge in [-0.2, -0.15) is 5.10 Å². The number of piperidine rings is 1. The number of carbonyl (C=O) groups is 1. The molecular weight excluding hydrogens is 264 g/mol. The molecule has 1 aromatic rings. The molecule has 2 heterocycles. The minimum absolute atomic E-state index is 0.172. The van der Waals surface area contributed by atoms with E-state index in [0.717, 1.165) is 50.4 Å². The highest BCUT2D eigenvalue weighted by Crippen LogP contribution is 2.30. The fourth-order valence-corrected chi connectivity index (χ4v) is 3.25. The normalized spacial score (nSPS) is 22.3. The second-order valence-electron chi connectivity index (χ2n) is 6.39. The minimum Gasteiger partial charge on any atom is -0.334 e. The summed E-state index contributed by atoms with van der Waals surface area (Å²) in [6.45, 7) is 7.80. The molecule has 2 aliphatic rings. The van der Waals surface area contributed by atoms with Gasteiger partial charge in [0.15, 0.2) is 0 Å². The monoisotopic (exact) mass is 290 g/mol. The maximum atomic E-state index is 12.9. The van der Waals surface area contributed by atoms with Gasteiger partial charge in [0, 0.05) is 19.1 Å². The van der Waals surface area contributed by atoms with E-state index in [4.69, 9.17) is 0 Å². The highest BCUT2D eigenvalue weighted by molar-refractivity contribution is 5.93. The summed E-state index contributed by atoms with van der Waals surface area (Å²) in [7, 11) is 0. The van der Waals surface area contributed by atoms with Crippen molar-refractivity contribution >= 4 is 5.91 Å². The number of amides is 1. The van der Waals surface area contributed by atoms with Gasteiger partial charge in [-0.1, -0.05) is 0 Å². The summed E-state index contributed by atoms with van der Waals surface area (Å²) < 4.78 is 1.84. The lowest BCUT2D eigenvalue weighted by atomic mass is 9.99. The van der Waals surface area contributed by atoms with E-state index in [9.17, 15) is 4.79 Å². The van der Waals surface area contributed by atoms with Crippen LogP contribution in [-0.2, 0) is 6.54 Å². The summed E-state index contributed by atoms with van der Waals surface area (Å²) in [5, 5.41) is 7.87. The molecule has 1 aliphatic carbocycles. The first-order chi connectivity index (χ1) is 10.2. The molecule has 1 aromatic heterocycles. The summed E-state index contributed by atoms with van der Waals surface area (Å²) in [6, 6.07) is 2.39. The first kappa shape index (κ1) is 14.6. The van der Waals surface area contributed by atoms with Gasteiger partial charge < -0.3 is 10.2 Å². The predicted octanol–water partition coefficient (Wildman–Crippen LogP) is 1.82. The van der Waals surface area contributed by atoms with Crippen molar-refractivity contribution in [3.63, 3.8) is 0 Å². The van der Waals surface area contributed by atoms with Crippen LogP contribution in [0.15, 0.2) is 6.07 Å². The number of rotatable bonds is 5. The fraction of sp³-hybridized carbons (Fsp3) is 0.750. The number of aryl methyl sites for hydroxylation is 2. The van der Waals surface area contributed by atoms with Gasteiger partial charge in [0.05, 0.1) is 5.69 Å². The van der Waals surface area contributed by atoms with Crippen molar-refractivity contribution in [2.24, 2.45) is 5.92 Å². The van der Waals surface area contributed by atoms with Crippen molar-refractivity contribution in [3.8, 4) is 0 Å². The van der Waals surface area contributed by atoms with Gasteiger partial charge in [-0.15, -0.1) is 0 Å². The van der Waals surface area contributed by atoms with Crippen LogP contribution in [0.4, 0.5) is 0 Å². The van der Waals surface area contributed by atoms with E-state index in [-0.39, 0.29) is 5.91 Å². The van der Waals surface area contributed by atoms with E-state index >= 15 is 0 Å². The number of hydrogen-bond donors (Lipinski definition) is 1. The third-order valence-corrected chi connectivity index (χ3v) is 4.52. The number of nitrogens with zero attached hydrogens (tertiary/aromatic N) is 3. The van der Waals surface area contributed by atoms with Crippen LogP contribution in [0.25, 0.3) is 0 Å². The zero-order chi connectivity index (χ0) is 14.8. The van der Waals surface area contributed by atoms with E-state index in [1.165, 1.54) is 12.8 Å². The molecule has 3 rings (SSSR count). The molecule has 0 radical (unpaired) electrons. The van der Waals surface area contributed by atoms with Crippen molar-refractivity contribution in [1.29, 1.82) is 0 Å². The number of hydrogen-bond acceptors (Lipinski definition) is 3. The molecule has 1 aliphatic heterocycles. The van der Waals surface area contributed by atoms with Crippen molar-refractivity contribution in [2.75, 3.05) is 19.6 Å². The molecule has 116 valence electrons. The molecule has 1 amide bonds.